The highest BCUT2D eigenvalue weighted by molar-refractivity contribution is 7.98. The smallest absolute Gasteiger partial charge is 0.251 e. The van der Waals surface area contributed by atoms with Crippen molar-refractivity contribution in [1.82, 2.24) is 10.0 Å². The molecule has 136 valence electrons. The molecule has 0 aromatic heterocycles. The largest absolute Gasteiger partial charge is 0.345 e. The second-order valence-corrected chi connectivity index (χ2v) is 9.50. The van der Waals surface area contributed by atoms with Gasteiger partial charge >= 0.3 is 0 Å². The molecule has 0 radical (unpaired) electrons. The maximum Gasteiger partial charge on any atom is 0.251 e. The summed E-state index contributed by atoms with van der Waals surface area (Å²) in [7, 11) is -2.58. The lowest BCUT2D eigenvalue weighted by Crippen LogP contribution is -2.28. The Bertz CT molecular complexity index is 968. The normalized spacial score (nSPS) is 21.0. The van der Waals surface area contributed by atoms with E-state index in [1.54, 1.807) is 24.3 Å². The van der Waals surface area contributed by atoms with E-state index in [0.717, 1.165) is 36.3 Å². The van der Waals surface area contributed by atoms with E-state index in [4.69, 9.17) is 11.6 Å². The molecule has 2 aromatic carbocycles. The molecule has 2 aliphatic rings. The molecule has 26 heavy (non-hydrogen) atoms. The van der Waals surface area contributed by atoms with Crippen LogP contribution in [0, 0.1) is 0 Å². The highest BCUT2D eigenvalue weighted by Crippen LogP contribution is 2.33. The van der Waals surface area contributed by atoms with Crippen LogP contribution < -0.4 is 10.0 Å². The first-order valence-corrected chi connectivity index (χ1v) is 10.9. The Morgan fingerprint density at radius 3 is 2.73 bits per heavy atom. The predicted octanol–water partition coefficient (Wildman–Crippen LogP) is 3.50. The Morgan fingerprint density at radius 1 is 1.15 bits per heavy atom. The molecule has 1 fully saturated rings. The molecule has 0 saturated heterocycles. The van der Waals surface area contributed by atoms with E-state index in [0.29, 0.717) is 10.5 Å². The van der Waals surface area contributed by atoms with Gasteiger partial charge in [-0.2, -0.15) is 0 Å². The summed E-state index contributed by atoms with van der Waals surface area (Å²) >= 11 is 6.05. The molecular weight excluding hydrogens is 368 g/mol. The Morgan fingerprint density at radius 2 is 1.96 bits per heavy atom. The summed E-state index contributed by atoms with van der Waals surface area (Å²) < 4.78 is 15.9. The number of hydrogen-bond donors (Lipinski definition) is 2. The van der Waals surface area contributed by atoms with Gasteiger partial charge in [0, 0.05) is 21.5 Å². The molecule has 1 amide bonds. The van der Waals surface area contributed by atoms with Crippen LogP contribution >= 0.6 is 11.6 Å². The van der Waals surface area contributed by atoms with Crippen molar-refractivity contribution in [3.05, 3.63) is 64.2 Å². The fourth-order valence-electron chi connectivity index (χ4n) is 3.36. The van der Waals surface area contributed by atoms with Crippen molar-refractivity contribution in [3.8, 4) is 0 Å². The summed E-state index contributed by atoms with van der Waals surface area (Å²) in [5, 5.41) is 3.81. The van der Waals surface area contributed by atoms with Crippen molar-refractivity contribution in [2.75, 3.05) is 0 Å². The zero-order valence-corrected chi connectivity index (χ0v) is 15.9. The van der Waals surface area contributed by atoms with Crippen molar-refractivity contribution in [3.63, 3.8) is 0 Å². The van der Waals surface area contributed by atoms with E-state index in [1.165, 1.54) is 5.56 Å². The highest BCUT2D eigenvalue weighted by atomic mass is 35.5. The van der Waals surface area contributed by atoms with E-state index in [9.17, 15) is 9.00 Å². The molecule has 0 heterocycles. The maximum atomic E-state index is 12.8. The number of carbonyl (C=O) groups excluding carboxylic acids is 1. The molecule has 4 nitrogen and oxygen atoms in total. The van der Waals surface area contributed by atoms with Crippen LogP contribution in [0.1, 0.15) is 46.8 Å². The Balaban J connectivity index is 1.52. The van der Waals surface area contributed by atoms with E-state index < -0.39 is 9.71 Å². The number of aryl methyl sites for hydroxylation is 1. The van der Waals surface area contributed by atoms with Gasteiger partial charge in [0.15, 0.2) is 0 Å². The Labute approximate surface area is 159 Å². The maximum absolute atomic E-state index is 12.8. The molecule has 2 N–H and O–H groups in total. The van der Waals surface area contributed by atoms with Crippen LogP contribution in [0.4, 0.5) is 0 Å². The Hall–Kier alpha value is -1.82. The summed E-state index contributed by atoms with van der Waals surface area (Å²) in [5.74, 6) is 3.67. The van der Waals surface area contributed by atoms with Gasteiger partial charge in [-0.1, -0.05) is 23.7 Å². The van der Waals surface area contributed by atoms with Gasteiger partial charge in [-0.25, -0.2) is 8.93 Å². The molecule has 2 aromatic rings. The summed E-state index contributed by atoms with van der Waals surface area (Å²) in [6, 6.07) is 13.0. The van der Waals surface area contributed by atoms with E-state index >= 15 is 0 Å². The number of fused-ring (bicyclic) bond motifs is 1. The van der Waals surface area contributed by atoms with Gasteiger partial charge < -0.3 is 5.32 Å². The minimum Gasteiger partial charge on any atom is -0.345 e. The van der Waals surface area contributed by atoms with Crippen LogP contribution in [0.5, 0.6) is 0 Å². The van der Waals surface area contributed by atoms with Crippen LogP contribution in [0.2, 0.25) is 5.02 Å². The molecule has 6 heteroatoms. The lowest BCUT2D eigenvalue weighted by Gasteiger charge is -2.16. The lowest BCUT2D eigenvalue weighted by molar-refractivity contribution is 0.0936. The second kappa shape index (κ2) is 6.72. The SMILES string of the molecule is C=S(=O)(NC1CC1)c1cccc(C(=O)N[C@@H]2CCc3cc(Cl)ccc32)c1. The molecule has 0 spiro atoms. The average molecular weight is 389 g/mol. The molecule has 0 aliphatic heterocycles. The monoisotopic (exact) mass is 388 g/mol. The summed E-state index contributed by atoms with van der Waals surface area (Å²) in [6.45, 7) is 0. The third kappa shape index (κ3) is 3.65. The van der Waals surface area contributed by atoms with Crippen molar-refractivity contribution in [2.45, 2.75) is 42.7 Å². The number of nitrogens with one attached hydrogen (secondary N) is 2. The summed E-state index contributed by atoms with van der Waals surface area (Å²) in [4.78, 5) is 13.3. The van der Waals surface area contributed by atoms with Gasteiger partial charge in [0.2, 0.25) is 0 Å². The zero-order valence-electron chi connectivity index (χ0n) is 14.3. The van der Waals surface area contributed by atoms with E-state index in [1.807, 2.05) is 18.2 Å². The highest BCUT2D eigenvalue weighted by Gasteiger charge is 2.26. The first-order valence-electron chi connectivity index (χ1n) is 8.76. The molecule has 2 aliphatic carbocycles. The van der Waals surface area contributed by atoms with Crippen molar-refractivity contribution < 1.29 is 9.00 Å². The quantitative estimate of drug-likeness (QED) is 0.770. The van der Waals surface area contributed by atoms with Crippen molar-refractivity contribution in [1.29, 1.82) is 0 Å². The zero-order chi connectivity index (χ0) is 18.3. The van der Waals surface area contributed by atoms with Gasteiger partial charge in [-0.3, -0.25) is 4.79 Å². The minimum atomic E-state index is -2.58. The van der Waals surface area contributed by atoms with Crippen LogP contribution in [0.3, 0.4) is 0 Å². The summed E-state index contributed by atoms with van der Waals surface area (Å²) in [6.07, 6.45) is 3.81. The minimum absolute atomic E-state index is 0.0212. The first kappa shape index (κ1) is 17.6. The number of carbonyl (C=O) groups is 1. The van der Waals surface area contributed by atoms with Crippen LogP contribution in [-0.2, 0) is 16.1 Å². The lowest BCUT2D eigenvalue weighted by atomic mass is 10.1. The molecule has 2 atom stereocenters. The van der Waals surface area contributed by atoms with Crippen LogP contribution in [0.15, 0.2) is 47.4 Å². The van der Waals surface area contributed by atoms with E-state index in [2.05, 4.69) is 15.9 Å². The van der Waals surface area contributed by atoms with Crippen molar-refractivity contribution >= 4 is 33.1 Å². The molecule has 1 saturated carbocycles. The number of halogens is 1. The predicted molar refractivity (Wildman–Crippen MR) is 106 cm³/mol. The third-order valence-corrected chi connectivity index (χ3v) is 6.86. The number of rotatable bonds is 5. The average Bonchev–Trinajstić information content (AvgIpc) is 3.33. The van der Waals surface area contributed by atoms with Crippen LogP contribution in [0.25, 0.3) is 0 Å². The van der Waals surface area contributed by atoms with Crippen LogP contribution in [-0.4, -0.2) is 22.0 Å². The molecule has 0 bridgehead atoms. The van der Waals surface area contributed by atoms with Gasteiger partial charge in [0.05, 0.1) is 15.7 Å². The van der Waals surface area contributed by atoms with E-state index in [-0.39, 0.29) is 18.0 Å². The number of amides is 1. The summed E-state index contributed by atoms with van der Waals surface area (Å²) in [5.41, 5.74) is 2.81. The fourth-order valence-corrected chi connectivity index (χ4v) is 5.08. The molecular formula is C20H21ClN2O2S. The third-order valence-electron chi connectivity index (χ3n) is 4.90. The molecule has 1 unspecified atom stereocenters. The number of benzene rings is 2. The topological polar surface area (TPSA) is 58.2 Å². The number of hydrogen-bond acceptors (Lipinski definition) is 2. The molecule has 4 rings (SSSR count). The fraction of sp³-hybridized carbons (Fsp3) is 0.300. The second-order valence-electron chi connectivity index (χ2n) is 7.00. The van der Waals surface area contributed by atoms with Gasteiger partial charge in [-0.15, -0.1) is 0 Å². The van der Waals surface area contributed by atoms with Gasteiger partial charge in [-0.05, 0) is 73.0 Å². The standard InChI is InChI=1S/C20H21ClN2O2S/c1-26(25,23-16-7-8-16)17-4-2-3-14(12-17)20(24)22-19-10-5-13-11-15(21)6-9-18(13)19/h2-4,6,9,11-12,16,19H,1,5,7-8,10H2,(H,22,24)(H,23,25)/t19-,26?/m1/s1. The first-order chi connectivity index (χ1) is 12.4. The van der Waals surface area contributed by atoms with Crippen molar-refractivity contribution in [2.24, 2.45) is 0 Å². The van der Waals surface area contributed by atoms with Gasteiger partial charge in [0.1, 0.15) is 0 Å². The van der Waals surface area contributed by atoms with Gasteiger partial charge in [0.25, 0.3) is 5.91 Å². The Kier molecular flexibility index (Phi) is 4.55.